The number of aromatic nitrogens is 1. The molecule has 1 aromatic carbocycles. The largest absolute Gasteiger partial charge is 0.494 e. The second kappa shape index (κ2) is 7.50. The van der Waals surface area contributed by atoms with Crippen LogP contribution in [0.4, 0.5) is 0 Å². The molecule has 0 aliphatic heterocycles. The van der Waals surface area contributed by atoms with Crippen LogP contribution in [0, 0.1) is 0 Å². The fraction of sp³-hybridized carbons (Fsp3) is 0.312. The Kier molecular flexibility index (Phi) is 5.38. The molecule has 106 valence electrons. The number of nitrogens with zero attached hydrogens (tertiary/aromatic N) is 1. The van der Waals surface area contributed by atoms with Crippen LogP contribution >= 0.6 is 0 Å². The molecule has 1 aromatic heterocycles. The monoisotopic (exact) mass is 272 g/mol. The summed E-state index contributed by atoms with van der Waals surface area (Å²) < 4.78 is 11.2. The van der Waals surface area contributed by atoms with Crippen molar-refractivity contribution in [1.29, 1.82) is 0 Å². The van der Waals surface area contributed by atoms with E-state index in [9.17, 15) is 0 Å². The van der Waals surface area contributed by atoms with E-state index in [4.69, 9.17) is 9.47 Å². The molecule has 0 atom stereocenters. The van der Waals surface area contributed by atoms with E-state index in [1.54, 1.807) is 6.20 Å². The zero-order valence-corrected chi connectivity index (χ0v) is 11.9. The molecule has 2 rings (SSSR count). The van der Waals surface area contributed by atoms with Crippen LogP contribution in [-0.2, 0) is 6.54 Å². The Morgan fingerprint density at radius 2 is 1.75 bits per heavy atom. The minimum atomic E-state index is 0.665. The van der Waals surface area contributed by atoms with E-state index in [0.717, 1.165) is 36.0 Å². The number of ether oxygens (including phenoxy) is 2. The minimum absolute atomic E-state index is 0.665. The van der Waals surface area contributed by atoms with E-state index in [0.29, 0.717) is 6.61 Å². The maximum atomic E-state index is 5.81. The smallest absolute Gasteiger partial charge is 0.130 e. The summed E-state index contributed by atoms with van der Waals surface area (Å²) in [5.74, 6) is 2.42. The van der Waals surface area contributed by atoms with Crippen molar-refractivity contribution in [3.63, 3.8) is 0 Å². The van der Waals surface area contributed by atoms with Gasteiger partial charge in [-0.1, -0.05) is 6.92 Å². The first-order chi connectivity index (χ1) is 9.81. The van der Waals surface area contributed by atoms with Gasteiger partial charge >= 0.3 is 0 Å². The Morgan fingerprint density at radius 1 is 1.00 bits per heavy atom. The number of benzene rings is 1. The lowest BCUT2D eigenvalue weighted by Gasteiger charge is -2.08. The van der Waals surface area contributed by atoms with E-state index in [2.05, 4.69) is 17.2 Å². The molecule has 0 spiro atoms. The highest BCUT2D eigenvalue weighted by Crippen LogP contribution is 2.23. The molecule has 0 radical (unpaired) electrons. The molecule has 1 N–H and O–H groups in total. The van der Waals surface area contributed by atoms with Crippen molar-refractivity contribution in [3.8, 4) is 17.2 Å². The van der Waals surface area contributed by atoms with Gasteiger partial charge in [-0.05, 0) is 43.8 Å². The predicted molar refractivity (Wildman–Crippen MR) is 79.3 cm³/mol. The van der Waals surface area contributed by atoms with Crippen LogP contribution in [-0.4, -0.2) is 18.1 Å². The summed E-state index contributed by atoms with van der Waals surface area (Å²) in [6.07, 6.45) is 1.76. The van der Waals surface area contributed by atoms with E-state index >= 15 is 0 Å². The van der Waals surface area contributed by atoms with E-state index in [1.807, 2.05) is 43.3 Å². The molecule has 0 bridgehead atoms. The molecule has 0 saturated carbocycles. The van der Waals surface area contributed by atoms with Gasteiger partial charge in [0.25, 0.3) is 0 Å². The molecule has 0 amide bonds. The van der Waals surface area contributed by atoms with Crippen molar-refractivity contribution in [2.75, 3.05) is 13.2 Å². The standard InChI is InChI=1S/C16H20N2O2/c1-3-17-12-13-11-16(9-10-18-13)20-15-7-5-14(6-8-15)19-4-2/h5-11,17H,3-4,12H2,1-2H3. The second-order valence-electron chi connectivity index (χ2n) is 4.27. The van der Waals surface area contributed by atoms with Crippen LogP contribution in [0.2, 0.25) is 0 Å². The summed E-state index contributed by atoms with van der Waals surface area (Å²) in [6, 6.07) is 11.4. The normalized spacial score (nSPS) is 10.3. The first-order valence-corrected chi connectivity index (χ1v) is 6.88. The van der Waals surface area contributed by atoms with E-state index in [-0.39, 0.29) is 0 Å². The van der Waals surface area contributed by atoms with Crippen molar-refractivity contribution < 1.29 is 9.47 Å². The number of pyridine rings is 1. The molecule has 0 aliphatic rings. The number of rotatable bonds is 7. The topological polar surface area (TPSA) is 43.4 Å². The van der Waals surface area contributed by atoms with E-state index < -0.39 is 0 Å². The Hall–Kier alpha value is -2.07. The molecule has 4 heteroatoms. The van der Waals surface area contributed by atoms with Crippen molar-refractivity contribution in [3.05, 3.63) is 48.3 Å². The number of hydrogen-bond donors (Lipinski definition) is 1. The molecule has 1 heterocycles. The van der Waals surface area contributed by atoms with Gasteiger partial charge in [0.2, 0.25) is 0 Å². The first-order valence-electron chi connectivity index (χ1n) is 6.88. The Balaban J connectivity index is 2.01. The fourth-order valence-electron chi connectivity index (χ4n) is 1.78. The third-order valence-corrected chi connectivity index (χ3v) is 2.71. The zero-order chi connectivity index (χ0) is 14.2. The average Bonchev–Trinajstić information content (AvgIpc) is 2.48. The van der Waals surface area contributed by atoms with Gasteiger partial charge in [-0.3, -0.25) is 4.98 Å². The summed E-state index contributed by atoms with van der Waals surface area (Å²) in [5, 5.41) is 3.24. The lowest BCUT2D eigenvalue weighted by molar-refractivity contribution is 0.339. The summed E-state index contributed by atoms with van der Waals surface area (Å²) in [4.78, 5) is 4.29. The van der Waals surface area contributed by atoms with Gasteiger partial charge in [0.15, 0.2) is 0 Å². The van der Waals surface area contributed by atoms with Crippen molar-refractivity contribution >= 4 is 0 Å². The number of hydrogen-bond acceptors (Lipinski definition) is 4. The molecule has 4 nitrogen and oxygen atoms in total. The Bertz CT molecular complexity index is 526. The summed E-state index contributed by atoms with van der Waals surface area (Å²) in [5.41, 5.74) is 0.968. The molecule has 2 aromatic rings. The quantitative estimate of drug-likeness (QED) is 0.839. The molecule has 0 aliphatic carbocycles. The SMILES string of the molecule is CCNCc1cc(Oc2ccc(OCC)cc2)ccn1. The van der Waals surface area contributed by atoms with Crippen LogP contribution in [0.1, 0.15) is 19.5 Å². The van der Waals surface area contributed by atoms with Gasteiger partial charge in [0.05, 0.1) is 12.3 Å². The number of nitrogens with one attached hydrogen (secondary N) is 1. The van der Waals surface area contributed by atoms with Gasteiger partial charge in [-0.2, -0.15) is 0 Å². The highest BCUT2D eigenvalue weighted by molar-refractivity contribution is 5.35. The predicted octanol–water partition coefficient (Wildman–Crippen LogP) is 3.38. The van der Waals surface area contributed by atoms with Crippen molar-refractivity contribution in [2.24, 2.45) is 0 Å². The maximum absolute atomic E-state index is 5.81. The summed E-state index contributed by atoms with van der Waals surface area (Å²) in [7, 11) is 0. The van der Waals surface area contributed by atoms with Crippen LogP contribution in [0.25, 0.3) is 0 Å². The van der Waals surface area contributed by atoms with Crippen molar-refractivity contribution in [2.45, 2.75) is 20.4 Å². The van der Waals surface area contributed by atoms with Gasteiger partial charge in [-0.25, -0.2) is 0 Å². The summed E-state index contributed by atoms with van der Waals surface area (Å²) >= 11 is 0. The first kappa shape index (κ1) is 14.3. The molecular weight excluding hydrogens is 252 g/mol. The molecular formula is C16H20N2O2. The molecule has 20 heavy (non-hydrogen) atoms. The zero-order valence-electron chi connectivity index (χ0n) is 11.9. The van der Waals surface area contributed by atoms with Gasteiger partial charge in [0, 0.05) is 18.8 Å². The third kappa shape index (κ3) is 4.24. The minimum Gasteiger partial charge on any atom is -0.494 e. The molecule has 0 saturated heterocycles. The Labute approximate surface area is 119 Å². The van der Waals surface area contributed by atoms with Crippen LogP contribution in [0.15, 0.2) is 42.6 Å². The van der Waals surface area contributed by atoms with Crippen molar-refractivity contribution in [1.82, 2.24) is 10.3 Å². The second-order valence-corrected chi connectivity index (χ2v) is 4.27. The lowest BCUT2D eigenvalue weighted by Crippen LogP contribution is -2.12. The van der Waals surface area contributed by atoms with E-state index in [1.165, 1.54) is 0 Å². The average molecular weight is 272 g/mol. The highest BCUT2D eigenvalue weighted by Gasteiger charge is 2.01. The lowest BCUT2D eigenvalue weighted by atomic mass is 10.3. The van der Waals surface area contributed by atoms with Gasteiger partial charge in [0.1, 0.15) is 17.2 Å². The fourth-order valence-corrected chi connectivity index (χ4v) is 1.78. The van der Waals surface area contributed by atoms with Gasteiger partial charge < -0.3 is 14.8 Å². The highest BCUT2D eigenvalue weighted by atomic mass is 16.5. The van der Waals surface area contributed by atoms with Crippen LogP contribution in [0.5, 0.6) is 17.2 Å². The molecule has 0 fully saturated rings. The maximum Gasteiger partial charge on any atom is 0.130 e. The molecule has 0 unspecified atom stereocenters. The van der Waals surface area contributed by atoms with Crippen LogP contribution < -0.4 is 14.8 Å². The third-order valence-electron chi connectivity index (χ3n) is 2.71. The van der Waals surface area contributed by atoms with Crippen LogP contribution in [0.3, 0.4) is 0 Å². The van der Waals surface area contributed by atoms with Gasteiger partial charge in [-0.15, -0.1) is 0 Å². The Morgan fingerprint density at radius 3 is 2.45 bits per heavy atom. The summed E-state index contributed by atoms with van der Waals surface area (Å²) in [6.45, 7) is 6.37.